The van der Waals surface area contributed by atoms with Gasteiger partial charge in [0.15, 0.2) is 11.6 Å². The van der Waals surface area contributed by atoms with E-state index < -0.39 is 10.0 Å². The highest BCUT2D eigenvalue weighted by Gasteiger charge is 2.22. The van der Waals surface area contributed by atoms with Gasteiger partial charge in [0.2, 0.25) is 0 Å². The lowest BCUT2D eigenvalue weighted by atomic mass is 10.1. The molecule has 0 amide bonds. The van der Waals surface area contributed by atoms with Crippen LogP contribution in [-0.4, -0.2) is 23.3 Å². The lowest BCUT2D eigenvalue weighted by Gasteiger charge is -2.14. The van der Waals surface area contributed by atoms with Crippen molar-refractivity contribution in [3.8, 4) is 22.8 Å². The third-order valence-corrected chi connectivity index (χ3v) is 7.62. The van der Waals surface area contributed by atoms with Crippen molar-refractivity contribution < 1.29 is 8.42 Å². The minimum absolute atomic E-state index is 0.132. The van der Waals surface area contributed by atoms with Gasteiger partial charge in [-0.1, -0.05) is 82.1 Å². The van der Waals surface area contributed by atoms with Crippen LogP contribution in [0.15, 0.2) is 94.3 Å². The van der Waals surface area contributed by atoms with E-state index >= 15 is 0 Å². The third-order valence-electron chi connectivity index (χ3n) is 5.42. The van der Waals surface area contributed by atoms with E-state index in [2.05, 4.69) is 31.0 Å². The summed E-state index contributed by atoms with van der Waals surface area (Å²) in [5, 5.41) is 10.9. The van der Waals surface area contributed by atoms with Crippen LogP contribution in [0.25, 0.3) is 33.5 Å². The van der Waals surface area contributed by atoms with Gasteiger partial charge in [-0.3, -0.25) is 0 Å². The Morgan fingerprint density at radius 1 is 0.824 bits per heavy atom. The van der Waals surface area contributed by atoms with E-state index in [1.165, 1.54) is 4.68 Å². The van der Waals surface area contributed by atoms with E-state index in [9.17, 15) is 8.42 Å². The van der Waals surface area contributed by atoms with Gasteiger partial charge < -0.3 is 0 Å². The zero-order chi connectivity index (χ0) is 23.9. The van der Waals surface area contributed by atoms with E-state index in [1.54, 1.807) is 24.3 Å². The molecule has 170 valence electrons. The highest BCUT2D eigenvalue weighted by Crippen LogP contribution is 2.29. The molecule has 5 aromatic rings. The predicted octanol–water partition coefficient (Wildman–Crippen LogP) is 6.42. The zero-order valence-electron chi connectivity index (χ0n) is 17.9. The molecule has 0 aliphatic rings. The van der Waals surface area contributed by atoms with Gasteiger partial charge in [0, 0.05) is 20.6 Å². The van der Waals surface area contributed by atoms with E-state index in [-0.39, 0.29) is 4.90 Å². The summed E-state index contributed by atoms with van der Waals surface area (Å²) in [5.74, 6) is 0.665. The first kappa shape index (κ1) is 22.6. The first-order chi connectivity index (χ1) is 16.3. The number of benzene rings is 4. The fourth-order valence-electron chi connectivity index (χ4n) is 3.61. The first-order valence-corrected chi connectivity index (χ1v) is 13.0. The number of nitrogens with one attached hydrogen (secondary N) is 1. The molecule has 0 atom stereocenters. The van der Waals surface area contributed by atoms with Crippen LogP contribution < -0.4 is 4.83 Å². The Balaban J connectivity index is 1.66. The Hall–Kier alpha value is -3.20. The van der Waals surface area contributed by atoms with Crippen LogP contribution in [-0.2, 0) is 10.0 Å². The topological polar surface area (TPSA) is 76.9 Å². The summed E-state index contributed by atoms with van der Waals surface area (Å²) in [6, 6.07) is 25.4. The summed E-state index contributed by atoms with van der Waals surface area (Å²) in [7, 11) is -3.98. The molecule has 5 rings (SSSR count). The van der Waals surface area contributed by atoms with Crippen molar-refractivity contribution in [1.29, 1.82) is 0 Å². The maximum atomic E-state index is 13.5. The highest BCUT2D eigenvalue weighted by molar-refractivity contribution is 9.10. The molecule has 9 heteroatoms. The van der Waals surface area contributed by atoms with Crippen LogP contribution in [0.4, 0.5) is 0 Å². The van der Waals surface area contributed by atoms with Crippen molar-refractivity contribution in [3.05, 3.63) is 100.0 Å². The number of fused-ring (bicyclic) bond motifs is 1. The molecular formula is C25H18BrClN4O2S. The SMILES string of the molecule is Cc1ccc(-c2nnc(-c3cccc(Br)c3)n2NS(=O)(=O)c2ccc3ccccc3c2)cc1Cl. The summed E-state index contributed by atoms with van der Waals surface area (Å²) >= 11 is 9.80. The molecule has 4 aromatic carbocycles. The fourth-order valence-corrected chi connectivity index (χ4v) is 5.24. The smallest absolute Gasteiger partial charge is 0.213 e. The largest absolute Gasteiger partial charge is 0.275 e. The molecule has 0 saturated heterocycles. The Bertz CT molecular complexity index is 1650. The minimum atomic E-state index is -3.98. The Morgan fingerprint density at radius 2 is 1.53 bits per heavy atom. The van der Waals surface area contributed by atoms with Gasteiger partial charge in [-0.25, -0.2) is 9.51 Å². The molecule has 0 spiro atoms. The van der Waals surface area contributed by atoms with E-state index in [0.29, 0.717) is 27.8 Å². The van der Waals surface area contributed by atoms with Crippen molar-refractivity contribution >= 4 is 48.3 Å². The summed E-state index contributed by atoms with van der Waals surface area (Å²) in [5.41, 5.74) is 2.22. The molecule has 0 radical (unpaired) electrons. The molecule has 34 heavy (non-hydrogen) atoms. The van der Waals surface area contributed by atoms with E-state index in [4.69, 9.17) is 11.6 Å². The summed E-state index contributed by atoms with van der Waals surface area (Å²) in [6.45, 7) is 1.90. The molecule has 0 aliphatic carbocycles. The summed E-state index contributed by atoms with van der Waals surface area (Å²) in [6.07, 6.45) is 0. The first-order valence-electron chi connectivity index (χ1n) is 10.3. The van der Waals surface area contributed by atoms with Crippen LogP contribution >= 0.6 is 27.5 Å². The molecule has 1 heterocycles. The average molecular weight is 554 g/mol. The van der Waals surface area contributed by atoms with Gasteiger partial charge >= 0.3 is 0 Å². The fraction of sp³-hybridized carbons (Fsp3) is 0.0400. The van der Waals surface area contributed by atoms with Crippen LogP contribution in [0, 0.1) is 6.92 Å². The Kier molecular flexibility index (Phi) is 5.89. The molecule has 0 unspecified atom stereocenters. The van der Waals surface area contributed by atoms with Crippen LogP contribution in [0.5, 0.6) is 0 Å². The number of hydrogen-bond donors (Lipinski definition) is 1. The Morgan fingerprint density at radius 3 is 2.24 bits per heavy atom. The van der Waals surface area contributed by atoms with Gasteiger partial charge in [-0.05, 0) is 53.6 Å². The second kappa shape index (κ2) is 8.87. The lowest BCUT2D eigenvalue weighted by molar-refractivity contribution is 0.595. The van der Waals surface area contributed by atoms with Gasteiger partial charge in [0.1, 0.15) is 0 Å². The Labute approximate surface area is 210 Å². The van der Waals surface area contributed by atoms with Gasteiger partial charge in [-0.2, -0.15) is 8.42 Å². The number of hydrogen-bond acceptors (Lipinski definition) is 4. The van der Waals surface area contributed by atoms with Crippen LogP contribution in [0.2, 0.25) is 5.02 Å². The standard InChI is InChI=1S/C25H18BrClN4O2S/c1-16-9-10-20(15-23(16)27)25-29-28-24(19-7-4-8-21(26)13-19)31(25)30-34(32,33)22-12-11-17-5-2-3-6-18(17)14-22/h2-15,30H,1H3. The quantitative estimate of drug-likeness (QED) is 0.272. The van der Waals surface area contributed by atoms with Crippen LogP contribution in [0.3, 0.4) is 0 Å². The maximum Gasteiger partial charge on any atom is 0.275 e. The van der Waals surface area contributed by atoms with Crippen molar-refractivity contribution in [2.45, 2.75) is 11.8 Å². The molecule has 0 bridgehead atoms. The molecule has 0 aliphatic heterocycles. The number of aryl methyl sites for hydroxylation is 1. The number of sulfonamides is 1. The second-order valence-electron chi connectivity index (χ2n) is 7.76. The van der Waals surface area contributed by atoms with Crippen molar-refractivity contribution in [1.82, 2.24) is 14.9 Å². The average Bonchev–Trinajstić information content (AvgIpc) is 3.23. The highest BCUT2D eigenvalue weighted by atomic mass is 79.9. The number of halogens is 2. The summed E-state index contributed by atoms with van der Waals surface area (Å²) in [4.78, 5) is 2.80. The molecule has 0 fully saturated rings. The van der Waals surface area contributed by atoms with Crippen LogP contribution in [0.1, 0.15) is 5.56 Å². The monoisotopic (exact) mass is 552 g/mol. The number of aromatic nitrogens is 3. The predicted molar refractivity (Wildman–Crippen MR) is 139 cm³/mol. The number of rotatable bonds is 5. The number of nitrogens with zero attached hydrogens (tertiary/aromatic N) is 3. The minimum Gasteiger partial charge on any atom is -0.213 e. The molecule has 0 saturated carbocycles. The zero-order valence-corrected chi connectivity index (χ0v) is 21.1. The molecular weight excluding hydrogens is 536 g/mol. The van der Waals surface area contributed by atoms with Crippen molar-refractivity contribution in [2.75, 3.05) is 4.83 Å². The molecule has 6 nitrogen and oxygen atoms in total. The van der Waals surface area contributed by atoms with Gasteiger partial charge in [0.25, 0.3) is 10.0 Å². The lowest BCUT2D eigenvalue weighted by Crippen LogP contribution is -2.25. The van der Waals surface area contributed by atoms with E-state index in [1.807, 2.05) is 67.6 Å². The normalized spacial score (nSPS) is 11.6. The van der Waals surface area contributed by atoms with Crippen molar-refractivity contribution in [2.24, 2.45) is 0 Å². The summed E-state index contributed by atoms with van der Waals surface area (Å²) < 4.78 is 29.2. The second-order valence-corrected chi connectivity index (χ2v) is 10.7. The molecule has 1 aromatic heterocycles. The van der Waals surface area contributed by atoms with Crippen molar-refractivity contribution in [3.63, 3.8) is 0 Å². The van der Waals surface area contributed by atoms with Gasteiger partial charge in [0.05, 0.1) is 4.90 Å². The van der Waals surface area contributed by atoms with E-state index in [0.717, 1.165) is 20.8 Å². The third kappa shape index (κ3) is 4.32. The van der Waals surface area contributed by atoms with Gasteiger partial charge in [-0.15, -0.1) is 10.2 Å². The molecule has 1 N–H and O–H groups in total. The maximum absolute atomic E-state index is 13.5.